The summed E-state index contributed by atoms with van der Waals surface area (Å²) in [6.45, 7) is 5.66. The number of carboxylic acid groups (broad SMARTS) is 1. The molecule has 1 rings (SSSR count). The number of hydrogen-bond donors (Lipinski definition) is 3. The van der Waals surface area contributed by atoms with Crippen LogP contribution < -0.4 is 0 Å². The van der Waals surface area contributed by atoms with Crippen molar-refractivity contribution in [2.24, 2.45) is 0 Å². The van der Waals surface area contributed by atoms with Crippen molar-refractivity contribution in [1.29, 1.82) is 0 Å². The van der Waals surface area contributed by atoms with Crippen LogP contribution in [0.2, 0.25) is 0 Å². The fourth-order valence-electron chi connectivity index (χ4n) is 7.94. The lowest BCUT2D eigenvalue weighted by Crippen LogP contribution is -2.61. The summed E-state index contributed by atoms with van der Waals surface area (Å²) in [6, 6.07) is 0. The van der Waals surface area contributed by atoms with Crippen LogP contribution in [0.15, 0.2) is 109 Å². The van der Waals surface area contributed by atoms with Crippen LogP contribution in [0.5, 0.6) is 0 Å². The number of aliphatic hydroxyl groups excluding tert-OH is 2. The summed E-state index contributed by atoms with van der Waals surface area (Å²) < 4.78 is 28.3. The van der Waals surface area contributed by atoms with Crippen LogP contribution in [0.25, 0.3) is 0 Å². The summed E-state index contributed by atoms with van der Waals surface area (Å²) in [5.41, 5.74) is 0. The Hall–Kier alpha value is -4.62. The third-order valence-corrected chi connectivity index (χ3v) is 12.3. The summed E-state index contributed by atoms with van der Waals surface area (Å²) in [5.74, 6) is -3.26. The molecule has 6 atom stereocenters. The van der Waals surface area contributed by atoms with Crippen molar-refractivity contribution in [2.45, 2.75) is 250 Å². The van der Waals surface area contributed by atoms with E-state index in [1.54, 1.807) is 0 Å². The maximum atomic E-state index is 13.1. The normalized spacial score (nSPS) is 19.0. The van der Waals surface area contributed by atoms with Crippen LogP contribution in [-0.4, -0.2) is 89.2 Å². The minimum Gasteiger partial charge on any atom is -0.479 e. The van der Waals surface area contributed by atoms with Gasteiger partial charge in [-0.3, -0.25) is 14.4 Å². The number of esters is 3. The Morgan fingerprint density at radius 1 is 0.453 bits per heavy atom. The van der Waals surface area contributed by atoms with Gasteiger partial charge in [0, 0.05) is 19.3 Å². The van der Waals surface area contributed by atoms with E-state index in [1.807, 2.05) is 6.08 Å². The number of ether oxygens (including phenoxy) is 5. The van der Waals surface area contributed by atoms with Crippen LogP contribution in [-0.2, 0) is 42.9 Å². The maximum Gasteiger partial charge on any atom is 0.335 e. The second kappa shape index (κ2) is 50.2. The van der Waals surface area contributed by atoms with Gasteiger partial charge in [0.05, 0.1) is 6.61 Å². The van der Waals surface area contributed by atoms with Gasteiger partial charge in [-0.25, -0.2) is 4.79 Å². The second-order valence-electron chi connectivity index (χ2n) is 19.2. The molecule has 1 saturated heterocycles. The Morgan fingerprint density at radius 3 is 1.35 bits per heavy atom. The fourth-order valence-corrected chi connectivity index (χ4v) is 7.94. The van der Waals surface area contributed by atoms with Gasteiger partial charge in [-0.15, -0.1) is 0 Å². The van der Waals surface area contributed by atoms with Crippen molar-refractivity contribution < 1.29 is 58.2 Å². The largest absolute Gasteiger partial charge is 0.479 e. The fraction of sp³-hybridized carbons (Fsp3) is 0.651. The molecule has 12 nitrogen and oxygen atoms in total. The molecular formula is C63H100O12. The predicted octanol–water partition coefficient (Wildman–Crippen LogP) is 14.7. The highest BCUT2D eigenvalue weighted by atomic mass is 16.7. The number of allylic oxidation sites excluding steroid dienone is 18. The van der Waals surface area contributed by atoms with Crippen LogP contribution >= 0.6 is 0 Å². The molecule has 6 unspecified atom stereocenters. The third kappa shape index (κ3) is 40.3. The molecule has 424 valence electrons. The van der Waals surface area contributed by atoms with E-state index in [0.717, 1.165) is 109 Å². The number of hydrogen-bond acceptors (Lipinski definition) is 11. The highest BCUT2D eigenvalue weighted by Crippen LogP contribution is 2.26. The second-order valence-corrected chi connectivity index (χ2v) is 19.2. The Balaban J connectivity index is 2.76. The SMILES string of the molecule is CC/C=C\C/C=C\C/C=C\C/C=C\C/C=C\CCCC(=O)OCC(COC1OC(C(=O)O)C(O)C(O)C1OC(=O)CCCCCCC/C=C\CCCCCCCC)OC(=O)CCCCC/C=C\C/C=C\C/C=C\CC. The minimum atomic E-state index is -1.92. The molecule has 1 aliphatic heterocycles. The average molecular weight is 1050 g/mol. The molecule has 0 aromatic carbocycles. The van der Waals surface area contributed by atoms with E-state index in [9.17, 15) is 34.5 Å². The molecule has 0 aromatic rings. The van der Waals surface area contributed by atoms with E-state index in [-0.39, 0.29) is 25.9 Å². The monoisotopic (exact) mass is 1050 g/mol. The van der Waals surface area contributed by atoms with Crippen LogP contribution in [0.3, 0.4) is 0 Å². The summed E-state index contributed by atoms with van der Waals surface area (Å²) in [7, 11) is 0. The van der Waals surface area contributed by atoms with E-state index < -0.39 is 67.3 Å². The number of carboxylic acids is 1. The molecule has 0 spiro atoms. The molecule has 0 aliphatic carbocycles. The van der Waals surface area contributed by atoms with E-state index >= 15 is 0 Å². The topological polar surface area (TPSA) is 175 Å². The van der Waals surface area contributed by atoms with E-state index in [2.05, 4.69) is 124 Å². The average Bonchev–Trinajstić information content (AvgIpc) is 3.39. The number of carbonyl (C=O) groups excluding carboxylic acids is 3. The molecule has 75 heavy (non-hydrogen) atoms. The standard InChI is InChI=1S/C63H100O12/c1-4-7-10-13-16-19-22-25-27-28-30-32-34-37-40-43-46-49-55(64)71-52-54(73-56(65)50-47-44-41-38-35-31-24-21-18-15-12-9-6-3)53-72-63-61(59(68)58(67)60(75-63)62(69)70)74-57(66)51-48-45-42-39-36-33-29-26-23-20-17-14-11-8-5-2/h7,9-10,12,16,18-19,21,25-27,29-32,35,37,40,54,58-61,63,67-68H,4-6,8,11,13-15,17,20,22-24,28,33-34,36,38-39,41-53H2,1-3H3,(H,69,70)/b10-7-,12-9-,19-16-,21-18-,27-25-,29-26-,32-30-,35-31-,40-37-. The van der Waals surface area contributed by atoms with E-state index in [4.69, 9.17) is 23.7 Å². The Morgan fingerprint density at radius 2 is 0.853 bits per heavy atom. The molecular weight excluding hydrogens is 949 g/mol. The van der Waals surface area contributed by atoms with Crippen LogP contribution in [0, 0.1) is 0 Å². The molecule has 1 fully saturated rings. The summed E-state index contributed by atoms with van der Waals surface area (Å²) in [5, 5.41) is 31.4. The first-order valence-corrected chi connectivity index (χ1v) is 28.9. The first-order chi connectivity index (χ1) is 36.6. The molecule has 3 N–H and O–H groups in total. The summed E-state index contributed by atoms with van der Waals surface area (Å²) >= 11 is 0. The maximum absolute atomic E-state index is 13.1. The molecule has 0 amide bonds. The van der Waals surface area contributed by atoms with Crippen molar-refractivity contribution in [3.8, 4) is 0 Å². The van der Waals surface area contributed by atoms with Crippen molar-refractivity contribution in [2.75, 3.05) is 13.2 Å². The van der Waals surface area contributed by atoms with Crippen LogP contribution in [0.4, 0.5) is 0 Å². The smallest absolute Gasteiger partial charge is 0.335 e. The van der Waals surface area contributed by atoms with Gasteiger partial charge in [0.15, 0.2) is 24.6 Å². The van der Waals surface area contributed by atoms with Gasteiger partial charge in [0.2, 0.25) is 0 Å². The number of aliphatic hydroxyl groups is 2. The van der Waals surface area contributed by atoms with E-state index in [1.165, 1.54) is 38.5 Å². The number of unbranched alkanes of at least 4 members (excludes halogenated alkanes) is 15. The predicted molar refractivity (Wildman–Crippen MR) is 303 cm³/mol. The highest BCUT2D eigenvalue weighted by molar-refractivity contribution is 5.74. The first kappa shape index (κ1) is 68.4. The molecule has 0 bridgehead atoms. The highest BCUT2D eigenvalue weighted by Gasteiger charge is 2.50. The Labute approximate surface area is 453 Å². The van der Waals surface area contributed by atoms with E-state index in [0.29, 0.717) is 25.7 Å². The van der Waals surface area contributed by atoms with Gasteiger partial charge in [-0.05, 0) is 116 Å². The zero-order chi connectivity index (χ0) is 54.7. The zero-order valence-corrected chi connectivity index (χ0v) is 46.5. The third-order valence-electron chi connectivity index (χ3n) is 12.3. The first-order valence-electron chi connectivity index (χ1n) is 28.9. The quantitative estimate of drug-likeness (QED) is 0.0228. The number of aliphatic carboxylic acids is 1. The van der Waals surface area contributed by atoms with Crippen LogP contribution in [0.1, 0.15) is 213 Å². The van der Waals surface area contributed by atoms with Gasteiger partial charge >= 0.3 is 23.9 Å². The lowest BCUT2D eigenvalue weighted by molar-refractivity contribution is -0.301. The van der Waals surface area contributed by atoms with Gasteiger partial charge in [0.1, 0.15) is 18.8 Å². The van der Waals surface area contributed by atoms with Crippen molar-refractivity contribution in [3.63, 3.8) is 0 Å². The lowest BCUT2D eigenvalue weighted by Gasteiger charge is -2.40. The molecule has 1 aliphatic rings. The summed E-state index contributed by atoms with van der Waals surface area (Å²) in [4.78, 5) is 51.0. The zero-order valence-electron chi connectivity index (χ0n) is 46.5. The van der Waals surface area contributed by atoms with Gasteiger partial charge < -0.3 is 39.0 Å². The van der Waals surface area contributed by atoms with Gasteiger partial charge in [0.25, 0.3) is 0 Å². The Bertz CT molecular complexity index is 1720. The van der Waals surface area contributed by atoms with Crippen molar-refractivity contribution in [1.82, 2.24) is 0 Å². The molecule has 0 radical (unpaired) electrons. The molecule has 12 heteroatoms. The minimum absolute atomic E-state index is 0.0364. The lowest BCUT2D eigenvalue weighted by atomic mass is 9.98. The molecule has 1 heterocycles. The van der Waals surface area contributed by atoms with Crippen molar-refractivity contribution >= 4 is 23.9 Å². The van der Waals surface area contributed by atoms with Crippen molar-refractivity contribution in [3.05, 3.63) is 109 Å². The van der Waals surface area contributed by atoms with Gasteiger partial charge in [-0.2, -0.15) is 0 Å². The summed E-state index contributed by atoms with van der Waals surface area (Å²) in [6.07, 6.45) is 55.0. The number of carbonyl (C=O) groups is 4. The van der Waals surface area contributed by atoms with Gasteiger partial charge in [-0.1, -0.05) is 188 Å². The Kier molecular flexibility index (Phi) is 45.8. The molecule has 0 saturated carbocycles. The molecule has 0 aromatic heterocycles. The number of rotatable bonds is 47.